The Morgan fingerprint density at radius 3 is 2.67 bits per heavy atom. The molecular weight excluding hydrogens is 404 g/mol. The predicted octanol–water partition coefficient (Wildman–Crippen LogP) is 4.89. The maximum Gasteiger partial charge on any atom is 0.265 e. The van der Waals surface area contributed by atoms with E-state index in [9.17, 15) is 9.59 Å². The van der Waals surface area contributed by atoms with Crippen LogP contribution in [0.25, 0.3) is 0 Å². The third kappa shape index (κ3) is 4.39. The van der Waals surface area contributed by atoms with Crippen LogP contribution in [0.1, 0.15) is 22.8 Å². The first kappa shape index (κ1) is 19.8. The Bertz CT molecular complexity index is 1100. The zero-order valence-electron chi connectivity index (χ0n) is 16.1. The Morgan fingerprint density at radius 2 is 1.90 bits per heavy atom. The molecule has 0 aliphatic carbocycles. The van der Waals surface area contributed by atoms with Gasteiger partial charge in [-0.15, -0.1) is 0 Å². The van der Waals surface area contributed by atoms with Crippen molar-refractivity contribution < 1.29 is 19.1 Å². The number of ether oxygens (including phenoxy) is 2. The molecule has 2 N–H and O–H groups in total. The number of benzene rings is 3. The molecule has 152 valence electrons. The Labute approximate surface area is 178 Å². The normalized spacial score (nSPS) is 14.9. The minimum absolute atomic E-state index is 0.224. The highest BCUT2D eigenvalue weighted by Gasteiger charge is 2.23. The van der Waals surface area contributed by atoms with E-state index in [-0.39, 0.29) is 11.8 Å². The first-order valence-electron chi connectivity index (χ1n) is 9.39. The molecule has 1 atom stereocenters. The van der Waals surface area contributed by atoms with E-state index in [2.05, 4.69) is 10.6 Å². The van der Waals surface area contributed by atoms with E-state index in [1.54, 1.807) is 49.4 Å². The maximum absolute atomic E-state index is 12.5. The molecular formula is C23H19ClN2O4. The van der Waals surface area contributed by atoms with Crippen LogP contribution in [0.2, 0.25) is 5.02 Å². The van der Waals surface area contributed by atoms with Crippen molar-refractivity contribution in [2.45, 2.75) is 19.6 Å². The lowest BCUT2D eigenvalue weighted by Crippen LogP contribution is -2.34. The summed E-state index contributed by atoms with van der Waals surface area (Å²) in [7, 11) is 0. The molecule has 1 aliphatic heterocycles. The molecule has 4 rings (SSSR count). The molecule has 30 heavy (non-hydrogen) atoms. The second-order valence-electron chi connectivity index (χ2n) is 6.82. The van der Waals surface area contributed by atoms with Crippen molar-refractivity contribution in [1.29, 1.82) is 0 Å². The third-order valence-electron chi connectivity index (χ3n) is 4.64. The van der Waals surface area contributed by atoms with Crippen molar-refractivity contribution in [2.24, 2.45) is 0 Å². The summed E-state index contributed by atoms with van der Waals surface area (Å²) in [6.45, 7) is 2.02. The van der Waals surface area contributed by atoms with Crippen LogP contribution in [-0.2, 0) is 11.4 Å². The van der Waals surface area contributed by atoms with Gasteiger partial charge in [0, 0.05) is 21.8 Å². The van der Waals surface area contributed by atoms with Crippen LogP contribution in [0.3, 0.4) is 0 Å². The standard InChI is InChI=1S/C23H19ClN2O4/c1-14-22(27)26-20-12-17(8-11-21(20)30-14)25-23(28)15-6-9-18(10-7-15)29-13-16-4-2-3-5-19(16)24/h2-12,14H,13H2,1H3,(H,25,28)(H,26,27)/t14-/m0/s1. The molecule has 7 heteroatoms. The van der Waals surface area contributed by atoms with E-state index in [1.807, 2.05) is 24.3 Å². The topological polar surface area (TPSA) is 76.7 Å². The SMILES string of the molecule is C[C@@H]1Oc2ccc(NC(=O)c3ccc(OCc4ccccc4Cl)cc3)cc2NC1=O. The number of anilines is 2. The molecule has 0 fully saturated rings. The second kappa shape index (κ2) is 8.47. The largest absolute Gasteiger partial charge is 0.489 e. The van der Waals surface area contributed by atoms with Gasteiger partial charge in [0.15, 0.2) is 6.10 Å². The van der Waals surface area contributed by atoms with Gasteiger partial charge in [-0.05, 0) is 55.5 Å². The molecule has 0 saturated heterocycles. The Hall–Kier alpha value is -3.51. The average Bonchev–Trinajstić information content (AvgIpc) is 2.74. The molecule has 3 aromatic rings. The molecule has 2 amide bonds. The smallest absolute Gasteiger partial charge is 0.265 e. The fraction of sp³-hybridized carbons (Fsp3) is 0.130. The van der Waals surface area contributed by atoms with E-state index in [0.29, 0.717) is 40.1 Å². The van der Waals surface area contributed by atoms with Crippen molar-refractivity contribution in [3.63, 3.8) is 0 Å². The van der Waals surface area contributed by atoms with E-state index >= 15 is 0 Å². The quantitative estimate of drug-likeness (QED) is 0.613. The monoisotopic (exact) mass is 422 g/mol. The predicted molar refractivity (Wildman–Crippen MR) is 115 cm³/mol. The molecule has 0 saturated carbocycles. The Kier molecular flexibility index (Phi) is 5.59. The summed E-state index contributed by atoms with van der Waals surface area (Å²) in [5.74, 6) is 0.705. The van der Waals surface area contributed by atoms with Crippen LogP contribution < -0.4 is 20.1 Å². The Balaban J connectivity index is 1.39. The van der Waals surface area contributed by atoms with Crippen LogP contribution in [0.5, 0.6) is 11.5 Å². The summed E-state index contributed by atoms with van der Waals surface area (Å²) in [5, 5.41) is 6.22. The van der Waals surface area contributed by atoms with Crippen LogP contribution in [0.4, 0.5) is 11.4 Å². The number of carbonyl (C=O) groups is 2. The van der Waals surface area contributed by atoms with Crippen molar-refractivity contribution in [3.05, 3.63) is 82.9 Å². The number of hydrogen-bond acceptors (Lipinski definition) is 4. The molecule has 0 spiro atoms. The first-order valence-corrected chi connectivity index (χ1v) is 9.76. The lowest BCUT2D eigenvalue weighted by molar-refractivity contribution is -0.122. The lowest BCUT2D eigenvalue weighted by atomic mass is 10.1. The van der Waals surface area contributed by atoms with Crippen LogP contribution >= 0.6 is 11.6 Å². The highest BCUT2D eigenvalue weighted by molar-refractivity contribution is 6.31. The fourth-order valence-electron chi connectivity index (χ4n) is 2.97. The molecule has 0 aromatic heterocycles. The number of hydrogen-bond donors (Lipinski definition) is 2. The summed E-state index contributed by atoms with van der Waals surface area (Å²) in [6, 6.07) is 19.4. The van der Waals surface area contributed by atoms with Crippen LogP contribution in [0.15, 0.2) is 66.7 Å². The highest BCUT2D eigenvalue weighted by atomic mass is 35.5. The van der Waals surface area contributed by atoms with Crippen molar-refractivity contribution in [3.8, 4) is 11.5 Å². The summed E-state index contributed by atoms with van der Waals surface area (Å²) in [4.78, 5) is 24.3. The first-order chi connectivity index (χ1) is 14.5. The van der Waals surface area contributed by atoms with Gasteiger partial charge in [-0.3, -0.25) is 9.59 Å². The molecule has 3 aromatic carbocycles. The van der Waals surface area contributed by atoms with Gasteiger partial charge in [-0.1, -0.05) is 29.8 Å². The number of nitrogens with one attached hydrogen (secondary N) is 2. The van der Waals surface area contributed by atoms with Crippen molar-refractivity contribution in [2.75, 3.05) is 10.6 Å². The summed E-state index contributed by atoms with van der Waals surface area (Å²) < 4.78 is 11.3. The van der Waals surface area contributed by atoms with Crippen molar-refractivity contribution >= 4 is 34.8 Å². The van der Waals surface area contributed by atoms with E-state index in [4.69, 9.17) is 21.1 Å². The number of fused-ring (bicyclic) bond motifs is 1. The average molecular weight is 423 g/mol. The number of halogens is 1. The van der Waals surface area contributed by atoms with Crippen LogP contribution in [0, 0.1) is 0 Å². The number of rotatable bonds is 5. The lowest BCUT2D eigenvalue weighted by Gasteiger charge is -2.23. The summed E-state index contributed by atoms with van der Waals surface area (Å²) in [5.41, 5.74) is 2.45. The van der Waals surface area contributed by atoms with E-state index in [1.165, 1.54) is 0 Å². The number of amides is 2. The van der Waals surface area contributed by atoms with Gasteiger partial charge >= 0.3 is 0 Å². The molecule has 0 radical (unpaired) electrons. The molecule has 6 nitrogen and oxygen atoms in total. The number of carbonyl (C=O) groups excluding carboxylic acids is 2. The van der Waals surface area contributed by atoms with Gasteiger partial charge in [0.2, 0.25) is 0 Å². The van der Waals surface area contributed by atoms with E-state index < -0.39 is 6.10 Å². The van der Waals surface area contributed by atoms with Gasteiger partial charge in [-0.25, -0.2) is 0 Å². The zero-order valence-corrected chi connectivity index (χ0v) is 16.9. The Morgan fingerprint density at radius 1 is 1.13 bits per heavy atom. The fourth-order valence-corrected chi connectivity index (χ4v) is 3.16. The van der Waals surface area contributed by atoms with Gasteiger partial charge in [0.05, 0.1) is 5.69 Å². The molecule has 1 aliphatic rings. The zero-order chi connectivity index (χ0) is 21.1. The summed E-state index contributed by atoms with van der Waals surface area (Å²) >= 11 is 6.13. The highest BCUT2D eigenvalue weighted by Crippen LogP contribution is 2.32. The van der Waals surface area contributed by atoms with Gasteiger partial charge in [0.1, 0.15) is 18.1 Å². The minimum atomic E-state index is -0.545. The van der Waals surface area contributed by atoms with E-state index in [0.717, 1.165) is 5.56 Å². The van der Waals surface area contributed by atoms with Gasteiger partial charge in [0.25, 0.3) is 11.8 Å². The maximum atomic E-state index is 12.5. The molecule has 0 unspecified atom stereocenters. The summed E-state index contributed by atoms with van der Waals surface area (Å²) in [6.07, 6.45) is -0.545. The van der Waals surface area contributed by atoms with Crippen molar-refractivity contribution in [1.82, 2.24) is 0 Å². The van der Waals surface area contributed by atoms with Gasteiger partial charge in [-0.2, -0.15) is 0 Å². The molecule has 0 bridgehead atoms. The minimum Gasteiger partial charge on any atom is -0.489 e. The second-order valence-corrected chi connectivity index (χ2v) is 7.23. The molecule has 1 heterocycles. The van der Waals surface area contributed by atoms with Crippen LogP contribution in [-0.4, -0.2) is 17.9 Å². The van der Waals surface area contributed by atoms with Gasteiger partial charge < -0.3 is 20.1 Å². The third-order valence-corrected chi connectivity index (χ3v) is 5.01.